The van der Waals surface area contributed by atoms with Gasteiger partial charge in [-0.25, -0.2) is 0 Å². The molecule has 2 saturated heterocycles. The third-order valence-corrected chi connectivity index (χ3v) is 6.77. The summed E-state index contributed by atoms with van der Waals surface area (Å²) in [5, 5.41) is 7.44. The van der Waals surface area contributed by atoms with E-state index in [2.05, 4.69) is 33.4 Å². The number of nitrogens with one attached hydrogen (secondary N) is 2. The molecule has 8 heteroatoms. The average molecular weight is 433 g/mol. The average Bonchev–Trinajstić information content (AvgIpc) is 3.03. The van der Waals surface area contributed by atoms with Crippen molar-refractivity contribution < 1.29 is 4.74 Å². The predicted molar refractivity (Wildman–Crippen MR) is 127 cm³/mol. The van der Waals surface area contributed by atoms with E-state index in [0.29, 0.717) is 23.1 Å². The van der Waals surface area contributed by atoms with Crippen LogP contribution in [0.25, 0.3) is 0 Å². The molecule has 1 aliphatic carbocycles. The summed E-state index contributed by atoms with van der Waals surface area (Å²) < 4.78 is 5.53. The maximum Gasteiger partial charge on any atom is 0.232 e. The Morgan fingerprint density at radius 1 is 0.967 bits per heavy atom. The first-order chi connectivity index (χ1) is 14.7. The highest BCUT2D eigenvalue weighted by Crippen LogP contribution is 2.27. The highest BCUT2D eigenvalue weighted by atomic mass is 32.1. The Morgan fingerprint density at radius 3 is 2.40 bits per heavy atom. The van der Waals surface area contributed by atoms with Crippen LogP contribution in [0.3, 0.4) is 0 Å². The Labute approximate surface area is 186 Å². The maximum atomic E-state index is 5.63. The lowest BCUT2D eigenvalue weighted by molar-refractivity contribution is 0.122. The first kappa shape index (κ1) is 21.6. The second kappa shape index (κ2) is 10.6. The molecule has 0 spiro atoms. The molecule has 1 saturated carbocycles. The van der Waals surface area contributed by atoms with Crippen LogP contribution in [0.1, 0.15) is 64.7 Å². The first-order valence-electron chi connectivity index (χ1n) is 11.7. The Bertz CT molecular complexity index is 703. The minimum atomic E-state index is 0.455. The van der Waals surface area contributed by atoms with Gasteiger partial charge in [0.15, 0.2) is 5.11 Å². The molecular weight excluding hydrogens is 396 g/mol. The predicted octanol–water partition coefficient (Wildman–Crippen LogP) is 3.70. The molecule has 3 heterocycles. The van der Waals surface area contributed by atoms with Crippen molar-refractivity contribution in [3.05, 3.63) is 6.07 Å². The fourth-order valence-corrected chi connectivity index (χ4v) is 5.02. The summed E-state index contributed by atoms with van der Waals surface area (Å²) in [6, 6.07) is 3.09. The number of aromatic nitrogens is 2. The molecule has 1 aromatic heterocycles. The maximum absolute atomic E-state index is 5.63. The van der Waals surface area contributed by atoms with Gasteiger partial charge in [-0.1, -0.05) is 25.7 Å². The smallest absolute Gasteiger partial charge is 0.232 e. The summed E-state index contributed by atoms with van der Waals surface area (Å²) in [7, 11) is 0. The van der Waals surface area contributed by atoms with Crippen LogP contribution in [0, 0.1) is 0 Å². The monoisotopic (exact) mass is 432 g/mol. The van der Waals surface area contributed by atoms with Crippen molar-refractivity contribution in [3.63, 3.8) is 0 Å². The minimum Gasteiger partial charge on any atom is -0.378 e. The van der Waals surface area contributed by atoms with E-state index in [0.717, 1.165) is 44.5 Å². The fourth-order valence-electron chi connectivity index (χ4n) is 4.76. The van der Waals surface area contributed by atoms with Crippen LogP contribution in [0.15, 0.2) is 6.07 Å². The Hall–Kier alpha value is -1.67. The molecule has 0 bridgehead atoms. The van der Waals surface area contributed by atoms with E-state index < -0.39 is 0 Å². The third kappa shape index (κ3) is 5.72. The lowest BCUT2D eigenvalue weighted by Crippen LogP contribution is -2.40. The van der Waals surface area contributed by atoms with Gasteiger partial charge >= 0.3 is 0 Å². The van der Waals surface area contributed by atoms with Crippen molar-refractivity contribution in [1.29, 1.82) is 0 Å². The molecule has 3 fully saturated rings. The zero-order chi connectivity index (χ0) is 20.8. The quantitative estimate of drug-likeness (QED) is 0.552. The summed E-state index contributed by atoms with van der Waals surface area (Å²) in [6.45, 7) is 6.53. The molecular formula is C22H36N6OS. The van der Waals surface area contributed by atoms with Gasteiger partial charge in [-0.15, -0.1) is 0 Å². The largest absolute Gasteiger partial charge is 0.378 e. The summed E-state index contributed by atoms with van der Waals surface area (Å²) in [5.41, 5.74) is 0. The van der Waals surface area contributed by atoms with Gasteiger partial charge in [0.2, 0.25) is 5.95 Å². The Kier molecular flexibility index (Phi) is 7.60. The van der Waals surface area contributed by atoms with E-state index in [9.17, 15) is 0 Å². The van der Waals surface area contributed by atoms with Crippen LogP contribution >= 0.6 is 12.2 Å². The molecule has 0 unspecified atom stereocenters. The number of thiocarbonyl (C=S) groups is 1. The van der Waals surface area contributed by atoms with Crippen LogP contribution in [-0.2, 0) is 4.74 Å². The zero-order valence-electron chi connectivity index (χ0n) is 18.2. The van der Waals surface area contributed by atoms with Gasteiger partial charge in [-0.05, 0) is 51.2 Å². The highest BCUT2D eigenvalue weighted by molar-refractivity contribution is 7.80. The van der Waals surface area contributed by atoms with Gasteiger partial charge in [-0.3, -0.25) is 0 Å². The van der Waals surface area contributed by atoms with Crippen molar-refractivity contribution in [2.45, 2.75) is 76.8 Å². The van der Waals surface area contributed by atoms with Crippen LogP contribution in [-0.4, -0.2) is 60.0 Å². The van der Waals surface area contributed by atoms with Crippen molar-refractivity contribution in [3.8, 4) is 0 Å². The van der Waals surface area contributed by atoms with E-state index in [4.69, 9.17) is 26.9 Å². The minimum absolute atomic E-state index is 0.455. The topological polar surface area (TPSA) is 65.6 Å². The highest BCUT2D eigenvalue weighted by Gasteiger charge is 2.23. The summed E-state index contributed by atoms with van der Waals surface area (Å²) in [5.74, 6) is 2.55. The fraction of sp³-hybridized carbons (Fsp3) is 0.773. The number of ether oxygens (including phenoxy) is 1. The molecule has 0 radical (unpaired) electrons. The van der Waals surface area contributed by atoms with E-state index >= 15 is 0 Å². The molecule has 1 atom stereocenters. The molecule has 0 aromatic carbocycles. The van der Waals surface area contributed by atoms with E-state index in [1.165, 1.54) is 57.8 Å². The van der Waals surface area contributed by atoms with Crippen LogP contribution in [0.4, 0.5) is 17.6 Å². The van der Waals surface area contributed by atoms with Gasteiger partial charge in [0, 0.05) is 37.8 Å². The van der Waals surface area contributed by atoms with Crippen LogP contribution < -0.4 is 20.4 Å². The second-order valence-corrected chi connectivity index (χ2v) is 9.24. The Balaban J connectivity index is 1.51. The van der Waals surface area contributed by atoms with Crippen molar-refractivity contribution in [1.82, 2.24) is 15.3 Å². The second-order valence-electron chi connectivity index (χ2n) is 8.83. The van der Waals surface area contributed by atoms with E-state index in [1.54, 1.807) is 0 Å². The SMILES string of the molecule is C[C@@H]1CCCCN1c1cc(N2CCOCC2)nc(NC(=S)NC2CCCCCC2)n1. The first-order valence-corrected chi connectivity index (χ1v) is 12.2. The van der Waals surface area contributed by atoms with Crippen molar-refractivity contribution in [2.75, 3.05) is 48.0 Å². The lowest BCUT2D eigenvalue weighted by atomic mass is 10.0. The summed E-state index contributed by atoms with van der Waals surface area (Å²) >= 11 is 5.63. The van der Waals surface area contributed by atoms with Crippen molar-refractivity contribution >= 4 is 34.9 Å². The van der Waals surface area contributed by atoms with Gasteiger partial charge in [0.25, 0.3) is 0 Å². The van der Waals surface area contributed by atoms with Crippen molar-refractivity contribution in [2.24, 2.45) is 0 Å². The van der Waals surface area contributed by atoms with E-state index in [1.807, 2.05) is 0 Å². The van der Waals surface area contributed by atoms with Gasteiger partial charge in [-0.2, -0.15) is 9.97 Å². The van der Waals surface area contributed by atoms with Gasteiger partial charge < -0.3 is 25.2 Å². The molecule has 166 valence electrons. The number of rotatable bonds is 4. The molecule has 30 heavy (non-hydrogen) atoms. The lowest BCUT2D eigenvalue weighted by Gasteiger charge is -2.35. The number of morpholine rings is 1. The number of hydrogen-bond acceptors (Lipinski definition) is 6. The van der Waals surface area contributed by atoms with E-state index in [-0.39, 0.29) is 0 Å². The normalized spacial score (nSPS) is 23.7. The van der Waals surface area contributed by atoms with Gasteiger partial charge in [0.1, 0.15) is 11.6 Å². The summed E-state index contributed by atoms with van der Waals surface area (Å²) in [4.78, 5) is 14.4. The number of anilines is 3. The number of nitrogens with zero attached hydrogens (tertiary/aromatic N) is 4. The molecule has 3 aliphatic rings. The molecule has 2 N–H and O–H groups in total. The van der Waals surface area contributed by atoms with Crippen LogP contribution in [0.2, 0.25) is 0 Å². The molecule has 7 nitrogen and oxygen atoms in total. The number of piperidine rings is 1. The number of hydrogen-bond donors (Lipinski definition) is 2. The summed E-state index contributed by atoms with van der Waals surface area (Å²) in [6.07, 6.45) is 11.3. The standard InChI is InChI=1S/C22H36N6OS/c1-17-8-6-7-11-28(17)20-16-19(27-12-14-29-15-13-27)24-21(25-20)26-22(30)23-18-9-4-2-3-5-10-18/h16-18H,2-15H2,1H3,(H2,23,24,25,26,30)/t17-/m1/s1. The third-order valence-electron chi connectivity index (χ3n) is 6.55. The Morgan fingerprint density at radius 2 is 1.67 bits per heavy atom. The molecule has 2 aliphatic heterocycles. The van der Waals surface area contributed by atoms with Gasteiger partial charge in [0.05, 0.1) is 13.2 Å². The zero-order valence-corrected chi connectivity index (χ0v) is 19.1. The molecule has 0 amide bonds. The van der Waals surface area contributed by atoms with Crippen LogP contribution in [0.5, 0.6) is 0 Å². The molecule has 4 rings (SSSR count). The molecule has 1 aromatic rings.